The van der Waals surface area contributed by atoms with Gasteiger partial charge in [0, 0.05) is 6.10 Å². The number of rotatable bonds is 5. The van der Waals surface area contributed by atoms with Crippen molar-refractivity contribution in [2.45, 2.75) is 97.1 Å². The molecule has 25 heavy (non-hydrogen) atoms. The van der Waals surface area contributed by atoms with Crippen LogP contribution in [-0.2, 0) is 4.43 Å². The van der Waals surface area contributed by atoms with E-state index in [0.29, 0.717) is 17.4 Å². The molecule has 3 aliphatic rings. The Bertz CT molecular complexity index is 507. The lowest BCUT2D eigenvalue weighted by Crippen LogP contribution is -2.46. The smallest absolute Gasteiger partial charge is 0.184 e. The zero-order valence-corrected chi connectivity index (χ0v) is 18.3. The molecule has 3 aliphatic carbocycles. The first kappa shape index (κ1) is 19.6. The van der Waals surface area contributed by atoms with Crippen molar-refractivity contribution in [3.8, 4) is 0 Å². The molecule has 1 N–H and O–H groups in total. The van der Waals surface area contributed by atoms with Gasteiger partial charge in [-0.3, -0.25) is 0 Å². The van der Waals surface area contributed by atoms with E-state index in [9.17, 15) is 5.11 Å². The average Bonchev–Trinajstić information content (AvgIpc) is 2.97. The number of hydrogen-bond acceptors (Lipinski definition) is 2. The summed E-state index contributed by atoms with van der Waals surface area (Å²) in [6.07, 6.45) is 13.7. The van der Waals surface area contributed by atoms with Crippen molar-refractivity contribution in [1.82, 2.24) is 0 Å². The third-order valence-corrected chi connectivity index (χ3v) is 8.41. The van der Waals surface area contributed by atoms with Crippen molar-refractivity contribution < 1.29 is 9.53 Å². The minimum Gasteiger partial charge on any atom is -0.414 e. The van der Waals surface area contributed by atoms with Crippen LogP contribution in [0.2, 0.25) is 19.6 Å². The zero-order valence-electron chi connectivity index (χ0n) is 17.3. The third-order valence-electron chi connectivity index (χ3n) is 7.40. The van der Waals surface area contributed by atoms with Gasteiger partial charge in [0.15, 0.2) is 8.32 Å². The molecule has 0 aromatic heterocycles. The first-order chi connectivity index (χ1) is 11.5. The summed E-state index contributed by atoms with van der Waals surface area (Å²) in [6, 6.07) is 0. The fourth-order valence-electron chi connectivity index (χ4n) is 6.50. The summed E-state index contributed by atoms with van der Waals surface area (Å²) in [6.45, 7) is 14.0. The molecule has 0 amide bonds. The summed E-state index contributed by atoms with van der Waals surface area (Å²) in [5.74, 6) is 2.89. The molecule has 0 aliphatic heterocycles. The highest BCUT2D eigenvalue weighted by molar-refractivity contribution is 6.69. The number of hydrogen-bond donors (Lipinski definition) is 1. The Hall–Kier alpha value is -0.123. The lowest BCUT2D eigenvalue weighted by Gasteiger charge is -2.48. The Balaban J connectivity index is 1.66. The lowest BCUT2D eigenvalue weighted by atomic mass is 9.61. The molecule has 0 bridgehead atoms. The summed E-state index contributed by atoms with van der Waals surface area (Å²) in [5.41, 5.74) is -0.111. The van der Waals surface area contributed by atoms with Gasteiger partial charge in [-0.15, -0.1) is 0 Å². The molecule has 0 spiro atoms. The number of allylic oxidation sites excluding steroid dienone is 1. The molecule has 0 radical (unpaired) electrons. The predicted molar refractivity (Wildman–Crippen MR) is 108 cm³/mol. The summed E-state index contributed by atoms with van der Waals surface area (Å²) in [4.78, 5) is 0. The van der Waals surface area contributed by atoms with E-state index in [4.69, 9.17) is 4.43 Å². The number of fused-ring (bicyclic) bond motifs is 1. The van der Waals surface area contributed by atoms with Gasteiger partial charge in [-0.1, -0.05) is 32.4 Å². The number of aliphatic hydroxyl groups is 1. The Kier molecular flexibility index (Phi) is 5.34. The van der Waals surface area contributed by atoms with E-state index in [1.807, 2.05) is 13.0 Å². The molecule has 0 aromatic rings. The fraction of sp³-hybridized carbons (Fsp3) is 0.909. The summed E-state index contributed by atoms with van der Waals surface area (Å²) < 4.78 is 6.64. The summed E-state index contributed by atoms with van der Waals surface area (Å²) in [5, 5.41) is 10.2. The van der Waals surface area contributed by atoms with Gasteiger partial charge in [-0.25, -0.2) is 0 Å². The second-order valence-corrected chi connectivity index (χ2v) is 15.3. The minimum atomic E-state index is -1.47. The van der Waals surface area contributed by atoms with Crippen LogP contribution < -0.4 is 0 Å². The molecular formula is C22H40O2Si. The maximum atomic E-state index is 10.2. The van der Waals surface area contributed by atoms with Gasteiger partial charge in [-0.2, -0.15) is 0 Å². The van der Waals surface area contributed by atoms with Crippen molar-refractivity contribution in [2.24, 2.45) is 29.1 Å². The van der Waals surface area contributed by atoms with E-state index in [1.54, 1.807) is 0 Å². The third kappa shape index (κ3) is 4.25. The highest BCUT2D eigenvalue weighted by Crippen LogP contribution is 2.59. The highest BCUT2D eigenvalue weighted by Gasteiger charge is 2.53. The first-order valence-corrected chi connectivity index (χ1v) is 14.0. The van der Waals surface area contributed by atoms with Gasteiger partial charge in [0.05, 0.1) is 5.60 Å². The Morgan fingerprint density at radius 2 is 1.92 bits per heavy atom. The summed E-state index contributed by atoms with van der Waals surface area (Å²) in [7, 11) is -1.47. The molecule has 2 fully saturated rings. The molecule has 7 atom stereocenters. The molecule has 3 heteroatoms. The van der Waals surface area contributed by atoms with Crippen LogP contribution in [0.4, 0.5) is 0 Å². The Morgan fingerprint density at radius 3 is 2.52 bits per heavy atom. The SMILES string of the molecule is C[C@H](C[C@@H]1C=C[C@](C)(O)C1)[C@H]1CCC2C(O[Si](C)(C)C)CCC[C@]21C. The lowest BCUT2D eigenvalue weighted by molar-refractivity contribution is -0.0200. The second kappa shape index (κ2) is 6.80. The average molecular weight is 365 g/mol. The maximum absolute atomic E-state index is 10.2. The standard InChI is InChI=1S/C22H40O2Si/c1-16(14-17-11-13-21(2,23)15-17)18-9-10-19-20(24-25(4,5)6)8-7-12-22(18,19)3/h11,13,16-20,23H,7-10,12,14-15H2,1-6H3/t16-,17+,18-,19?,20?,21+,22+/m1/s1. The van der Waals surface area contributed by atoms with Crippen molar-refractivity contribution in [3.63, 3.8) is 0 Å². The topological polar surface area (TPSA) is 29.5 Å². The molecule has 0 aromatic carbocycles. The van der Waals surface area contributed by atoms with Crippen LogP contribution in [0.25, 0.3) is 0 Å². The molecule has 144 valence electrons. The fourth-order valence-corrected chi connectivity index (χ4v) is 7.69. The van der Waals surface area contributed by atoms with Gasteiger partial charge < -0.3 is 9.53 Å². The van der Waals surface area contributed by atoms with Crippen LogP contribution >= 0.6 is 0 Å². The van der Waals surface area contributed by atoms with Crippen LogP contribution in [0.1, 0.15) is 65.7 Å². The first-order valence-electron chi connectivity index (χ1n) is 10.6. The second-order valence-electron chi connectivity index (χ2n) is 10.9. The summed E-state index contributed by atoms with van der Waals surface area (Å²) >= 11 is 0. The van der Waals surface area contributed by atoms with E-state index in [2.05, 4.69) is 39.6 Å². The molecule has 2 nitrogen and oxygen atoms in total. The van der Waals surface area contributed by atoms with E-state index >= 15 is 0 Å². The van der Waals surface area contributed by atoms with Crippen LogP contribution in [-0.4, -0.2) is 25.1 Å². The molecule has 3 rings (SSSR count). The normalized spacial score (nSPS) is 45.6. The molecule has 0 saturated heterocycles. The molecule has 2 saturated carbocycles. The van der Waals surface area contributed by atoms with Crippen molar-refractivity contribution in [1.29, 1.82) is 0 Å². The van der Waals surface area contributed by atoms with Crippen LogP contribution in [0.15, 0.2) is 12.2 Å². The van der Waals surface area contributed by atoms with Crippen LogP contribution in [0, 0.1) is 29.1 Å². The highest BCUT2D eigenvalue weighted by atomic mass is 28.4. The Morgan fingerprint density at radius 1 is 1.20 bits per heavy atom. The van der Waals surface area contributed by atoms with Crippen molar-refractivity contribution in [2.75, 3.05) is 0 Å². The maximum Gasteiger partial charge on any atom is 0.184 e. The van der Waals surface area contributed by atoms with E-state index in [-0.39, 0.29) is 0 Å². The van der Waals surface area contributed by atoms with Crippen LogP contribution in [0.3, 0.4) is 0 Å². The van der Waals surface area contributed by atoms with E-state index < -0.39 is 13.9 Å². The monoisotopic (exact) mass is 364 g/mol. The van der Waals surface area contributed by atoms with Crippen molar-refractivity contribution in [3.05, 3.63) is 12.2 Å². The quantitative estimate of drug-likeness (QED) is 0.495. The van der Waals surface area contributed by atoms with Crippen molar-refractivity contribution >= 4 is 8.32 Å². The van der Waals surface area contributed by atoms with Gasteiger partial charge >= 0.3 is 0 Å². The van der Waals surface area contributed by atoms with Gasteiger partial charge in [0.25, 0.3) is 0 Å². The van der Waals surface area contributed by atoms with E-state index in [0.717, 1.165) is 24.2 Å². The van der Waals surface area contributed by atoms with Gasteiger partial charge in [-0.05, 0) is 94.2 Å². The largest absolute Gasteiger partial charge is 0.414 e. The van der Waals surface area contributed by atoms with Gasteiger partial charge in [0.2, 0.25) is 0 Å². The van der Waals surface area contributed by atoms with Crippen LogP contribution in [0.5, 0.6) is 0 Å². The Labute approximate surface area is 156 Å². The molecular weight excluding hydrogens is 324 g/mol. The molecule has 2 unspecified atom stereocenters. The minimum absolute atomic E-state index is 0.465. The molecule has 0 heterocycles. The van der Waals surface area contributed by atoms with Gasteiger partial charge in [0.1, 0.15) is 0 Å². The van der Waals surface area contributed by atoms with E-state index in [1.165, 1.54) is 38.5 Å². The zero-order chi connectivity index (χ0) is 18.5. The predicted octanol–water partition coefficient (Wildman–Crippen LogP) is 5.78.